The maximum atomic E-state index is 11.2. The van der Waals surface area contributed by atoms with Crippen molar-refractivity contribution >= 4 is 33.7 Å². The van der Waals surface area contributed by atoms with Gasteiger partial charge in [-0.2, -0.15) is 0 Å². The highest BCUT2D eigenvalue weighted by molar-refractivity contribution is 9.10. The fourth-order valence-electron chi connectivity index (χ4n) is 1.48. The molecule has 0 atom stereocenters. The van der Waals surface area contributed by atoms with E-state index in [0.29, 0.717) is 10.9 Å². The first kappa shape index (κ1) is 13.0. The third-order valence-corrected chi connectivity index (χ3v) is 3.56. The van der Waals surface area contributed by atoms with Crippen LogP contribution in [0, 0.1) is 0 Å². The number of carboxylic acids is 1. The van der Waals surface area contributed by atoms with Crippen LogP contribution in [0.1, 0.15) is 10.4 Å². The van der Waals surface area contributed by atoms with E-state index in [-0.39, 0.29) is 5.56 Å². The quantitative estimate of drug-likeness (QED) is 0.693. The van der Waals surface area contributed by atoms with Crippen molar-refractivity contribution in [3.8, 4) is 11.3 Å². The van der Waals surface area contributed by atoms with Gasteiger partial charge in [0.15, 0.2) is 5.16 Å². The van der Waals surface area contributed by atoms with Crippen LogP contribution in [-0.4, -0.2) is 27.3 Å². The predicted octanol–water partition coefficient (Wildman–Crippen LogP) is 3.33. The number of benzene rings is 1. The zero-order valence-corrected chi connectivity index (χ0v) is 11.8. The molecule has 0 bridgehead atoms. The van der Waals surface area contributed by atoms with E-state index in [1.807, 2.05) is 30.5 Å². The second-order valence-electron chi connectivity index (χ2n) is 3.40. The lowest BCUT2D eigenvalue weighted by Gasteiger charge is -2.08. The van der Waals surface area contributed by atoms with Gasteiger partial charge in [0, 0.05) is 16.2 Å². The highest BCUT2D eigenvalue weighted by Crippen LogP contribution is 2.29. The van der Waals surface area contributed by atoms with E-state index in [1.165, 1.54) is 18.0 Å². The summed E-state index contributed by atoms with van der Waals surface area (Å²) < 4.78 is 0.804. The van der Waals surface area contributed by atoms with Crippen LogP contribution >= 0.6 is 27.7 Å². The van der Waals surface area contributed by atoms with Crippen LogP contribution in [0.4, 0.5) is 0 Å². The Morgan fingerprint density at radius 2 is 2.11 bits per heavy atom. The monoisotopic (exact) mass is 324 g/mol. The summed E-state index contributed by atoms with van der Waals surface area (Å²) >= 11 is 4.78. The van der Waals surface area contributed by atoms with Gasteiger partial charge < -0.3 is 5.11 Å². The molecule has 1 aromatic carbocycles. The van der Waals surface area contributed by atoms with Gasteiger partial charge in [-0.1, -0.05) is 45.9 Å². The number of aromatic carboxylic acids is 1. The van der Waals surface area contributed by atoms with Crippen molar-refractivity contribution in [3.05, 3.63) is 40.5 Å². The van der Waals surface area contributed by atoms with Crippen LogP contribution in [-0.2, 0) is 0 Å². The Bertz CT molecular complexity index is 604. The van der Waals surface area contributed by atoms with Crippen LogP contribution < -0.4 is 0 Å². The maximum Gasteiger partial charge on any atom is 0.339 e. The molecule has 1 aromatic heterocycles. The van der Waals surface area contributed by atoms with Crippen LogP contribution in [0.25, 0.3) is 11.3 Å². The van der Waals surface area contributed by atoms with E-state index in [9.17, 15) is 9.90 Å². The summed E-state index contributed by atoms with van der Waals surface area (Å²) in [5.41, 5.74) is 1.27. The number of aromatic nitrogens is 2. The van der Waals surface area contributed by atoms with E-state index >= 15 is 0 Å². The van der Waals surface area contributed by atoms with Crippen LogP contribution in [0.5, 0.6) is 0 Å². The summed E-state index contributed by atoms with van der Waals surface area (Å²) in [5, 5.41) is 9.73. The van der Waals surface area contributed by atoms with Gasteiger partial charge in [-0.25, -0.2) is 14.8 Å². The summed E-state index contributed by atoms with van der Waals surface area (Å²) in [7, 11) is 0. The Morgan fingerprint density at radius 1 is 1.39 bits per heavy atom. The number of rotatable bonds is 3. The van der Waals surface area contributed by atoms with Gasteiger partial charge in [0.25, 0.3) is 0 Å². The first-order valence-corrected chi connectivity index (χ1v) is 7.04. The molecule has 92 valence electrons. The minimum absolute atomic E-state index is 0.0969. The van der Waals surface area contributed by atoms with Crippen molar-refractivity contribution in [2.75, 3.05) is 6.26 Å². The first-order valence-electron chi connectivity index (χ1n) is 5.02. The average molecular weight is 325 g/mol. The summed E-state index contributed by atoms with van der Waals surface area (Å²) in [6, 6.07) is 7.38. The van der Waals surface area contributed by atoms with Gasteiger partial charge in [-0.3, -0.25) is 0 Å². The number of nitrogens with zero attached hydrogens (tertiary/aromatic N) is 2. The van der Waals surface area contributed by atoms with Gasteiger partial charge in [-0.15, -0.1) is 0 Å². The lowest BCUT2D eigenvalue weighted by molar-refractivity contribution is 0.0696. The minimum Gasteiger partial charge on any atom is -0.478 e. The number of thioether (sulfide) groups is 1. The van der Waals surface area contributed by atoms with Crippen molar-refractivity contribution in [2.24, 2.45) is 0 Å². The second-order valence-corrected chi connectivity index (χ2v) is 5.03. The smallest absolute Gasteiger partial charge is 0.339 e. The molecule has 0 fully saturated rings. The molecule has 0 saturated carbocycles. The predicted molar refractivity (Wildman–Crippen MR) is 73.9 cm³/mol. The first-order chi connectivity index (χ1) is 8.63. The third-order valence-electron chi connectivity index (χ3n) is 2.31. The van der Waals surface area contributed by atoms with Crippen molar-refractivity contribution in [1.29, 1.82) is 0 Å². The molecule has 0 radical (unpaired) electrons. The summed E-state index contributed by atoms with van der Waals surface area (Å²) in [4.78, 5) is 19.5. The lowest BCUT2D eigenvalue weighted by Crippen LogP contribution is -2.04. The fraction of sp³-hybridized carbons (Fsp3) is 0.0833. The van der Waals surface area contributed by atoms with E-state index < -0.39 is 5.97 Å². The Kier molecular flexibility index (Phi) is 3.98. The van der Waals surface area contributed by atoms with E-state index in [2.05, 4.69) is 25.9 Å². The molecule has 2 aromatic rings. The second kappa shape index (κ2) is 5.49. The lowest BCUT2D eigenvalue weighted by atomic mass is 10.1. The van der Waals surface area contributed by atoms with Crippen LogP contribution in [0.15, 0.2) is 40.1 Å². The molecule has 0 saturated heterocycles. The SMILES string of the molecule is CSc1ncc(C(=O)O)c(-c2ccccc2Br)n1. The number of carbonyl (C=O) groups is 1. The van der Waals surface area contributed by atoms with E-state index in [1.54, 1.807) is 0 Å². The van der Waals surface area contributed by atoms with Gasteiger partial charge in [-0.05, 0) is 12.3 Å². The Balaban J connectivity index is 2.68. The maximum absolute atomic E-state index is 11.2. The third kappa shape index (κ3) is 2.54. The zero-order chi connectivity index (χ0) is 13.1. The molecule has 0 aliphatic carbocycles. The van der Waals surface area contributed by atoms with Crippen molar-refractivity contribution < 1.29 is 9.90 Å². The molecular formula is C12H9BrN2O2S. The zero-order valence-electron chi connectivity index (χ0n) is 9.42. The summed E-state index contributed by atoms with van der Waals surface area (Å²) in [6.07, 6.45) is 3.19. The number of carboxylic acid groups (broad SMARTS) is 1. The highest BCUT2D eigenvalue weighted by atomic mass is 79.9. The molecule has 0 aliphatic rings. The van der Waals surface area contributed by atoms with Gasteiger partial charge in [0.05, 0.1) is 5.69 Å². The van der Waals surface area contributed by atoms with E-state index in [0.717, 1.165) is 10.0 Å². The molecule has 0 unspecified atom stereocenters. The molecule has 0 spiro atoms. The Hall–Kier alpha value is -1.40. The molecule has 1 N–H and O–H groups in total. The minimum atomic E-state index is -1.03. The topological polar surface area (TPSA) is 63.1 Å². The number of halogens is 1. The molecule has 4 nitrogen and oxygen atoms in total. The highest BCUT2D eigenvalue weighted by Gasteiger charge is 2.16. The van der Waals surface area contributed by atoms with Gasteiger partial charge in [0.1, 0.15) is 5.56 Å². The number of hydrogen-bond acceptors (Lipinski definition) is 4. The largest absolute Gasteiger partial charge is 0.478 e. The molecule has 18 heavy (non-hydrogen) atoms. The molecule has 0 amide bonds. The standard InChI is InChI=1S/C12H9BrN2O2S/c1-18-12-14-6-8(11(16)17)10(15-12)7-4-2-3-5-9(7)13/h2-6H,1H3,(H,16,17). The molecular weight excluding hydrogens is 316 g/mol. The normalized spacial score (nSPS) is 10.3. The number of hydrogen-bond donors (Lipinski definition) is 1. The summed E-state index contributed by atoms with van der Waals surface area (Å²) in [6.45, 7) is 0. The molecule has 6 heteroatoms. The van der Waals surface area contributed by atoms with Gasteiger partial charge >= 0.3 is 5.97 Å². The molecule has 2 rings (SSSR count). The average Bonchev–Trinajstić information content (AvgIpc) is 2.38. The summed E-state index contributed by atoms with van der Waals surface area (Å²) in [5.74, 6) is -1.03. The molecule has 0 aliphatic heterocycles. The van der Waals surface area contributed by atoms with E-state index in [4.69, 9.17) is 0 Å². The molecule has 1 heterocycles. The Morgan fingerprint density at radius 3 is 2.72 bits per heavy atom. The van der Waals surface area contributed by atoms with Crippen LogP contribution in [0.3, 0.4) is 0 Å². The van der Waals surface area contributed by atoms with Crippen LogP contribution in [0.2, 0.25) is 0 Å². The fourth-order valence-corrected chi connectivity index (χ4v) is 2.29. The van der Waals surface area contributed by atoms with Gasteiger partial charge in [0.2, 0.25) is 0 Å². The van der Waals surface area contributed by atoms with Crippen molar-refractivity contribution in [3.63, 3.8) is 0 Å². The van der Waals surface area contributed by atoms with Crippen molar-refractivity contribution in [1.82, 2.24) is 9.97 Å². The van der Waals surface area contributed by atoms with Crippen molar-refractivity contribution in [2.45, 2.75) is 5.16 Å². The Labute approximate surface area is 117 Å².